The van der Waals surface area contributed by atoms with Crippen LogP contribution in [0.15, 0.2) is 60.7 Å². The smallest absolute Gasteiger partial charge is 0.265 e. The maximum atomic E-state index is 12.8. The first-order chi connectivity index (χ1) is 17.5. The summed E-state index contributed by atoms with van der Waals surface area (Å²) in [6.45, 7) is 3.12. The normalized spacial score (nSPS) is 12.4. The number of fused-ring (bicyclic) bond motifs is 1. The number of anilines is 2. The largest absolute Gasteiger partial charge is 0.494 e. The fourth-order valence-electron chi connectivity index (χ4n) is 3.90. The Morgan fingerprint density at radius 3 is 2.50 bits per heavy atom. The summed E-state index contributed by atoms with van der Waals surface area (Å²) in [4.78, 5) is 27.2. The number of nitrogens with one attached hydrogen (secondary N) is 1. The number of nitrogens with zero attached hydrogens (tertiary/aromatic N) is 1. The number of rotatable bonds is 10. The first-order valence-corrected chi connectivity index (χ1v) is 11.8. The maximum absolute atomic E-state index is 12.8. The van der Waals surface area contributed by atoms with E-state index >= 15 is 0 Å². The van der Waals surface area contributed by atoms with Gasteiger partial charge in [-0.3, -0.25) is 9.59 Å². The molecule has 8 heteroatoms. The molecule has 0 spiro atoms. The van der Waals surface area contributed by atoms with Gasteiger partial charge in [0.05, 0.1) is 26.5 Å². The molecule has 3 aromatic rings. The second-order valence-corrected chi connectivity index (χ2v) is 8.41. The standard InChI is InChI=1S/C28H30N2O6/c1-19-6-10-22(11-7-19)35-15-5-4-14-30-23-17-21(9-13-24(23)36-18-27(30)31)29-28(32)20-8-12-25(33-2)26(16-20)34-3/h6-13,16-17H,4-5,14-15,18H2,1-3H3,(H,29,32). The van der Waals surface area contributed by atoms with Gasteiger partial charge in [-0.1, -0.05) is 17.7 Å². The second kappa shape index (κ2) is 11.5. The van der Waals surface area contributed by atoms with Gasteiger partial charge in [0.25, 0.3) is 11.8 Å². The molecule has 36 heavy (non-hydrogen) atoms. The molecule has 0 aliphatic carbocycles. The molecule has 0 fully saturated rings. The number of hydrogen-bond acceptors (Lipinski definition) is 6. The van der Waals surface area contributed by atoms with Crippen LogP contribution in [0.5, 0.6) is 23.0 Å². The molecule has 0 saturated carbocycles. The Labute approximate surface area is 210 Å². The first kappa shape index (κ1) is 24.9. The molecule has 3 aromatic carbocycles. The zero-order valence-corrected chi connectivity index (χ0v) is 20.7. The van der Waals surface area contributed by atoms with Crippen LogP contribution in [0.3, 0.4) is 0 Å². The summed E-state index contributed by atoms with van der Waals surface area (Å²) in [6, 6.07) is 18.2. The van der Waals surface area contributed by atoms with Crippen LogP contribution in [-0.2, 0) is 4.79 Å². The molecule has 0 unspecified atom stereocenters. The minimum absolute atomic E-state index is 0.00971. The fourth-order valence-corrected chi connectivity index (χ4v) is 3.90. The summed E-state index contributed by atoms with van der Waals surface area (Å²) in [5.41, 5.74) is 2.80. The summed E-state index contributed by atoms with van der Waals surface area (Å²) in [5, 5.41) is 2.88. The van der Waals surface area contributed by atoms with Crippen molar-refractivity contribution >= 4 is 23.2 Å². The Bertz CT molecular complexity index is 1230. The van der Waals surface area contributed by atoms with Gasteiger partial charge in [-0.2, -0.15) is 0 Å². The van der Waals surface area contributed by atoms with Crippen LogP contribution in [0.25, 0.3) is 0 Å². The average Bonchev–Trinajstić information content (AvgIpc) is 2.90. The van der Waals surface area contributed by atoms with E-state index in [2.05, 4.69) is 5.32 Å². The van der Waals surface area contributed by atoms with E-state index in [0.29, 0.717) is 47.3 Å². The minimum Gasteiger partial charge on any atom is -0.494 e. The van der Waals surface area contributed by atoms with E-state index in [4.69, 9.17) is 18.9 Å². The highest BCUT2D eigenvalue weighted by Crippen LogP contribution is 2.35. The van der Waals surface area contributed by atoms with E-state index in [0.717, 1.165) is 18.6 Å². The lowest BCUT2D eigenvalue weighted by Crippen LogP contribution is -2.39. The van der Waals surface area contributed by atoms with Gasteiger partial charge in [0.15, 0.2) is 18.1 Å². The lowest BCUT2D eigenvalue weighted by molar-refractivity contribution is -0.121. The van der Waals surface area contributed by atoms with Gasteiger partial charge in [0.2, 0.25) is 0 Å². The Morgan fingerprint density at radius 1 is 0.972 bits per heavy atom. The lowest BCUT2D eigenvalue weighted by atomic mass is 10.1. The van der Waals surface area contributed by atoms with Crippen molar-refractivity contribution in [3.05, 3.63) is 71.8 Å². The SMILES string of the molecule is COc1ccc(C(=O)Nc2ccc3c(c2)N(CCCCOc2ccc(C)cc2)C(=O)CO3)cc1OC. The van der Waals surface area contributed by atoms with Crippen molar-refractivity contribution < 1.29 is 28.5 Å². The number of benzene rings is 3. The van der Waals surface area contributed by atoms with Crippen molar-refractivity contribution in [3.8, 4) is 23.0 Å². The van der Waals surface area contributed by atoms with Crippen LogP contribution in [-0.4, -0.2) is 45.8 Å². The second-order valence-electron chi connectivity index (χ2n) is 8.41. The monoisotopic (exact) mass is 490 g/mol. The lowest BCUT2D eigenvalue weighted by Gasteiger charge is -2.30. The van der Waals surface area contributed by atoms with Gasteiger partial charge in [-0.05, 0) is 68.3 Å². The van der Waals surface area contributed by atoms with E-state index < -0.39 is 0 Å². The number of carbonyl (C=O) groups excluding carboxylic acids is 2. The molecule has 1 aliphatic heterocycles. The molecule has 2 amide bonds. The van der Waals surface area contributed by atoms with E-state index in [1.807, 2.05) is 31.2 Å². The molecule has 8 nitrogen and oxygen atoms in total. The van der Waals surface area contributed by atoms with E-state index in [9.17, 15) is 9.59 Å². The number of amides is 2. The van der Waals surface area contributed by atoms with Crippen LogP contribution in [0.2, 0.25) is 0 Å². The summed E-state index contributed by atoms with van der Waals surface area (Å²) >= 11 is 0. The Balaban J connectivity index is 1.39. The molecule has 0 bridgehead atoms. The summed E-state index contributed by atoms with van der Waals surface area (Å²) in [6.07, 6.45) is 1.56. The zero-order valence-electron chi connectivity index (χ0n) is 20.7. The van der Waals surface area contributed by atoms with E-state index in [-0.39, 0.29) is 18.4 Å². The number of ether oxygens (including phenoxy) is 4. The highest BCUT2D eigenvalue weighted by Gasteiger charge is 2.25. The topological polar surface area (TPSA) is 86.3 Å². The van der Waals surface area contributed by atoms with Gasteiger partial charge in [-0.15, -0.1) is 0 Å². The fraction of sp³-hybridized carbons (Fsp3) is 0.286. The average molecular weight is 491 g/mol. The summed E-state index contributed by atoms with van der Waals surface area (Å²) in [5.74, 6) is 2.02. The third kappa shape index (κ3) is 5.89. The molecule has 4 rings (SSSR count). The van der Waals surface area contributed by atoms with Gasteiger partial charge in [0, 0.05) is 17.8 Å². The Hall–Kier alpha value is -4.20. The van der Waals surface area contributed by atoms with Crippen LogP contribution < -0.4 is 29.2 Å². The molecule has 0 aromatic heterocycles. The minimum atomic E-state index is -0.307. The van der Waals surface area contributed by atoms with Gasteiger partial charge < -0.3 is 29.2 Å². The Kier molecular flexibility index (Phi) is 7.95. The molecule has 0 atom stereocenters. The van der Waals surface area contributed by atoms with Crippen molar-refractivity contribution in [2.45, 2.75) is 19.8 Å². The number of carbonyl (C=O) groups is 2. The van der Waals surface area contributed by atoms with Crippen LogP contribution in [0.4, 0.5) is 11.4 Å². The number of hydrogen-bond donors (Lipinski definition) is 1. The molecule has 1 N–H and O–H groups in total. The highest BCUT2D eigenvalue weighted by molar-refractivity contribution is 6.05. The van der Waals surface area contributed by atoms with Crippen molar-refractivity contribution in [1.29, 1.82) is 0 Å². The number of aryl methyl sites for hydroxylation is 1. The summed E-state index contributed by atoms with van der Waals surface area (Å²) < 4.78 is 21.9. The van der Waals surface area contributed by atoms with Gasteiger partial charge in [0.1, 0.15) is 11.5 Å². The van der Waals surface area contributed by atoms with Crippen LogP contribution in [0.1, 0.15) is 28.8 Å². The molecule has 1 heterocycles. The first-order valence-electron chi connectivity index (χ1n) is 11.8. The van der Waals surface area contributed by atoms with E-state index in [1.54, 1.807) is 41.3 Å². The maximum Gasteiger partial charge on any atom is 0.265 e. The third-order valence-electron chi connectivity index (χ3n) is 5.87. The van der Waals surface area contributed by atoms with Gasteiger partial charge >= 0.3 is 0 Å². The quantitative estimate of drug-likeness (QED) is 0.409. The van der Waals surface area contributed by atoms with E-state index in [1.165, 1.54) is 19.8 Å². The zero-order chi connectivity index (χ0) is 25.5. The molecule has 0 radical (unpaired) electrons. The third-order valence-corrected chi connectivity index (χ3v) is 5.87. The molecule has 188 valence electrons. The highest BCUT2D eigenvalue weighted by atomic mass is 16.5. The predicted molar refractivity (Wildman–Crippen MR) is 138 cm³/mol. The van der Waals surface area contributed by atoms with Gasteiger partial charge in [-0.25, -0.2) is 0 Å². The number of unbranched alkanes of at least 4 members (excludes halogenated alkanes) is 1. The van der Waals surface area contributed by atoms with Crippen LogP contribution >= 0.6 is 0 Å². The van der Waals surface area contributed by atoms with Crippen molar-refractivity contribution in [3.63, 3.8) is 0 Å². The van der Waals surface area contributed by atoms with Crippen molar-refractivity contribution in [2.24, 2.45) is 0 Å². The molecular weight excluding hydrogens is 460 g/mol. The molecule has 0 saturated heterocycles. The Morgan fingerprint density at radius 2 is 1.75 bits per heavy atom. The molecular formula is C28H30N2O6. The van der Waals surface area contributed by atoms with Crippen LogP contribution in [0, 0.1) is 6.92 Å². The number of methoxy groups -OCH3 is 2. The van der Waals surface area contributed by atoms with Crippen molar-refractivity contribution in [2.75, 3.05) is 44.2 Å². The summed E-state index contributed by atoms with van der Waals surface area (Å²) in [7, 11) is 3.06. The molecule has 1 aliphatic rings. The predicted octanol–water partition coefficient (Wildman–Crippen LogP) is 4.85. The van der Waals surface area contributed by atoms with Crippen molar-refractivity contribution in [1.82, 2.24) is 0 Å².